The first-order chi connectivity index (χ1) is 9.06. The zero-order valence-corrected chi connectivity index (χ0v) is 12.4. The average Bonchev–Trinajstić information content (AvgIpc) is 2.87. The molecule has 4 heteroatoms. The fourth-order valence-electron chi connectivity index (χ4n) is 2.49. The second kappa shape index (κ2) is 6.60. The zero-order chi connectivity index (χ0) is 13.8. The highest BCUT2D eigenvalue weighted by Crippen LogP contribution is 2.22. The number of rotatable bonds is 5. The maximum absolute atomic E-state index is 6.24. The van der Waals surface area contributed by atoms with Crippen LogP contribution in [0.1, 0.15) is 20.3 Å². The maximum atomic E-state index is 6.24. The molecule has 106 valence electrons. The number of hydrogen-bond donors (Lipinski definition) is 1. The molecule has 1 aliphatic heterocycles. The summed E-state index contributed by atoms with van der Waals surface area (Å²) < 4.78 is 5.73. The quantitative estimate of drug-likeness (QED) is 0.902. The Kier molecular flexibility index (Phi) is 5.08. The molecule has 2 N–H and O–H groups in total. The second-order valence-electron chi connectivity index (χ2n) is 5.57. The molecule has 1 aromatic carbocycles. The molecule has 2 rings (SSSR count). The summed E-state index contributed by atoms with van der Waals surface area (Å²) in [7, 11) is 0. The molecule has 1 aromatic rings. The number of ether oxygens (including phenoxy) is 1. The molecule has 0 aromatic heterocycles. The van der Waals surface area contributed by atoms with Gasteiger partial charge in [0, 0.05) is 23.7 Å². The fraction of sp³-hybridized carbons (Fsp3) is 0.600. The molecule has 1 fully saturated rings. The fourth-order valence-corrected chi connectivity index (χ4v) is 2.62. The van der Waals surface area contributed by atoms with Gasteiger partial charge in [0.15, 0.2) is 0 Å². The van der Waals surface area contributed by atoms with Crippen LogP contribution in [-0.4, -0.2) is 36.7 Å². The van der Waals surface area contributed by atoms with E-state index in [-0.39, 0.29) is 6.04 Å². The van der Waals surface area contributed by atoms with Crippen molar-refractivity contribution in [3.05, 3.63) is 29.3 Å². The van der Waals surface area contributed by atoms with Gasteiger partial charge in [-0.05, 0) is 57.0 Å². The lowest BCUT2D eigenvalue weighted by Gasteiger charge is -2.23. The Morgan fingerprint density at radius 3 is 2.63 bits per heavy atom. The Hall–Kier alpha value is -0.770. The van der Waals surface area contributed by atoms with Gasteiger partial charge in [-0.2, -0.15) is 0 Å². The molecule has 0 amide bonds. The van der Waals surface area contributed by atoms with E-state index in [1.54, 1.807) is 0 Å². The van der Waals surface area contributed by atoms with E-state index in [2.05, 4.69) is 18.7 Å². The van der Waals surface area contributed by atoms with Gasteiger partial charge >= 0.3 is 0 Å². The number of benzene rings is 1. The summed E-state index contributed by atoms with van der Waals surface area (Å²) in [5, 5.41) is 0.722. The van der Waals surface area contributed by atoms with Crippen LogP contribution in [0.2, 0.25) is 5.02 Å². The lowest BCUT2D eigenvalue weighted by Crippen LogP contribution is -2.38. The number of nitrogens with two attached hydrogens (primary N) is 1. The maximum Gasteiger partial charge on any atom is 0.119 e. The Bertz CT molecular complexity index is 394. The highest BCUT2D eigenvalue weighted by molar-refractivity contribution is 6.30. The molecule has 0 bridgehead atoms. The van der Waals surface area contributed by atoms with Gasteiger partial charge in [0.25, 0.3) is 0 Å². The van der Waals surface area contributed by atoms with E-state index in [0.29, 0.717) is 18.6 Å². The average molecular weight is 283 g/mol. The van der Waals surface area contributed by atoms with Crippen molar-refractivity contribution in [1.29, 1.82) is 0 Å². The van der Waals surface area contributed by atoms with Crippen molar-refractivity contribution in [3.8, 4) is 5.75 Å². The number of nitrogens with zero attached hydrogens (tertiary/aromatic N) is 1. The minimum absolute atomic E-state index is 0.0967. The van der Waals surface area contributed by atoms with Crippen molar-refractivity contribution in [3.63, 3.8) is 0 Å². The molecule has 0 spiro atoms. The van der Waals surface area contributed by atoms with Gasteiger partial charge in [-0.3, -0.25) is 0 Å². The SMILES string of the molecule is CC(C)N1CCC(C(N)COc2ccc(Cl)cc2)C1. The van der Waals surface area contributed by atoms with Crippen molar-refractivity contribution < 1.29 is 4.74 Å². The molecule has 2 unspecified atom stereocenters. The van der Waals surface area contributed by atoms with Gasteiger partial charge in [0.1, 0.15) is 12.4 Å². The summed E-state index contributed by atoms with van der Waals surface area (Å²) in [5.41, 5.74) is 6.24. The van der Waals surface area contributed by atoms with Gasteiger partial charge in [0.2, 0.25) is 0 Å². The zero-order valence-electron chi connectivity index (χ0n) is 11.7. The van der Waals surface area contributed by atoms with Gasteiger partial charge in [-0.15, -0.1) is 0 Å². The summed E-state index contributed by atoms with van der Waals surface area (Å²) in [5.74, 6) is 1.37. The first-order valence-electron chi connectivity index (χ1n) is 6.94. The molecule has 1 saturated heterocycles. The standard InChI is InChI=1S/C15H23ClN2O/c1-11(2)18-8-7-12(9-18)15(17)10-19-14-5-3-13(16)4-6-14/h3-6,11-12,15H,7-10,17H2,1-2H3. The largest absolute Gasteiger partial charge is 0.492 e. The van der Waals surface area contributed by atoms with Crippen LogP contribution in [0.3, 0.4) is 0 Å². The van der Waals surface area contributed by atoms with Crippen LogP contribution in [0, 0.1) is 5.92 Å². The monoisotopic (exact) mass is 282 g/mol. The van der Waals surface area contributed by atoms with E-state index in [0.717, 1.165) is 23.9 Å². The van der Waals surface area contributed by atoms with Crippen molar-refractivity contribution in [1.82, 2.24) is 4.90 Å². The number of halogens is 1. The third kappa shape index (κ3) is 4.10. The van der Waals surface area contributed by atoms with E-state index >= 15 is 0 Å². The van der Waals surface area contributed by atoms with Crippen molar-refractivity contribution >= 4 is 11.6 Å². The molecule has 0 aliphatic carbocycles. The molecule has 3 nitrogen and oxygen atoms in total. The third-order valence-electron chi connectivity index (χ3n) is 3.85. The van der Waals surface area contributed by atoms with Gasteiger partial charge < -0.3 is 15.4 Å². The molecule has 0 saturated carbocycles. The summed E-state index contributed by atoms with van der Waals surface area (Å²) in [6.45, 7) is 7.27. The van der Waals surface area contributed by atoms with Crippen LogP contribution in [0.15, 0.2) is 24.3 Å². The van der Waals surface area contributed by atoms with Gasteiger partial charge in [-0.1, -0.05) is 11.6 Å². The van der Waals surface area contributed by atoms with Crippen molar-refractivity contribution in [2.45, 2.75) is 32.4 Å². The molecule has 19 heavy (non-hydrogen) atoms. The Balaban J connectivity index is 1.78. The van der Waals surface area contributed by atoms with E-state index in [1.165, 1.54) is 6.42 Å². The van der Waals surface area contributed by atoms with E-state index < -0.39 is 0 Å². The summed E-state index contributed by atoms with van der Waals surface area (Å²) >= 11 is 5.84. The van der Waals surface area contributed by atoms with Crippen molar-refractivity contribution in [2.24, 2.45) is 11.7 Å². The van der Waals surface area contributed by atoms with Gasteiger partial charge in [-0.25, -0.2) is 0 Å². The molecule has 1 aliphatic rings. The third-order valence-corrected chi connectivity index (χ3v) is 4.10. The highest BCUT2D eigenvalue weighted by Gasteiger charge is 2.28. The van der Waals surface area contributed by atoms with Crippen LogP contribution in [0.5, 0.6) is 5.75 Å². The predicted octanol–water partition coefficient (Wildman–Crippen LogP) is 2.78. The van der Waals surface area contributed by atoms with Crippen LogP contribution in [0.25, 0.3) is 0 Å². The molecule has 1 heterocycles. The summed E-state index contributed by atoms with van der Waals surface area (Å²) in [4.78, 5) is 2.48. The van der Waals surface area contributed by atoms with E-state index in [4.69, 9.17) is 22.1 Å². The summed E-state index contributed by atoms with van der Waals surface area (Å²) in [6.07, 6.45) is 1.17. The smallest absolute Gasteiger partial charge is 0.119 e. The Labute approximate surface area is 120 Å². The Morgan fingerprint density at radius 1 is 1.37 bits per heavy atom. The highest BCUT2D eigenvalue weighted by atomic mass is 35.5. The molecule has 0 radical (unpaired) electrons. The Morgan fingerprint density at radius 2 is 2.05 bits per heavy atom. The molecular formula is C15H23ClN2O. The lowest BCUT2D eigenvalue weighted by molar-refractivity contribution is 0.225. The minimum Gasteiger partial charge on any atom is -0.492 e. The van der Waals surface area contributed by atoms with Crippen molar-refractivity contribution in [2.75, 3.05) is 19.7 Å². The van der Waals surface area contributed by atoms with Crippen LogP contribution in [-0.2, 0) is 0 Å². The minimum atomic E-state index is 0.0967. The van der Waals surface area contributed by atoms with Crippen LogP contribution in [0.4, 0.5) is 0 Å². The normalized spacial score (nSPS) is 21.8. The second-order valence-corrected chi connectivity index (χ2v) is 6.00. The van der Waals surface area contributed by atoms with Crippen LogP contribution >= 0.6 is 11.6 Å². The van der Waals surface area contributed by atoms with Crippen LogP contribution < -0.4 is 10.5 Å². The first-order valence-corrected chi connectivity index (χ1v) is 7.32. The van der Waals surface area contributed by atoms with E-state index in [1.807, 2.05) is 24.3 Å². The predicted molar refractivity (Wildman–Crippen MR) is 79.7 cm³/mol. The molecular weight excluding hydrogens is 260 g/mol. The summed E-state index contributed by atoms with van der Waals surface area (Å²) in [6, 6.07) is 8.12. The topological polar surface area (TPSA) is 38.5 Å². The van der Waals surface area contributed by atoms with Gasteiger partial charge in [0.05, 0.1) is 0 Å². The number of hydrogen-bond acceptors (Lipinski definition) is 3. The first kappa shape index (κ1) is 14.6. The molecule has 2 atom stereocenters. The van der Waals surface area contributed by atoms with E-state index in [9.17, 15) is 0 Å². The number of likely N-dealkylation sites (tertiary alicyclic amines) is 1. The lowest BCUT2D eigenvalue weighted by atomic mass is 10.0.